The summed E-state index contributed by atoms with van der Waals surface area (Å²) in [6.45, 7) is 2.75. The van der Waals surface area contributed by atoms with Gasteiger partial charge in [0.1, 0.15) is 0 Å². The SMILES string of the molecule is CC/C=C(\C)C(F)(F)F. The number of alkyl halides is 3. The Hall–Kier alpha value is -0.470. The maximum atomic E-state index is 11.6. The minimum atomic E-state index is -4.13. The zero-order chi connectivity index (χ0) is 7.49. The molecule has 0 aromatic heterocycles. The van der Waals surface area contributed by atoms with Crippen LogP contribution >= 0.6 is 0 Å². The molecule has 0 aliphatic heterocycles. The van der Waals surface area contributed by atoms with E-state index in [2.05, 4.69) is 0 Å². The number of allylic oxidation sites excluding steroid dienone is 2. The van der Waals surface area contributed by atoms with Crippen LogP contribution in [0.5, 0.6) is 0 Å². The van der Waals surface area contributed by atoms with E-state index >= 15 is 0 Å². The second kappa shape index (κ2) is 2.90. The molecule has 0 aliphatic rings. The lowest BCUT2D eigenvalue weighted by Gasteiger charge is -2.04. The average molecular weight is 138 g/mol. The van der Waals surface area contributed by atoms with Crippen LogP contribution in [0.2, 0.25) is 0 Å². The molecule has 0 N–H and O–H groups in total. The molecule has 0 unspecified atom stereocenters. The average Bonchev–Trinajstić information content (AvgIpc) is 1.64. The van der Waals surface area contributed by atoms with Crippen molar-refractivity contribution in [3.63, 3.8) is 0 Å². The van der Waals surface area contributed by atoms with Crippen LogP contribution in [0.1, 0.15) is 20.3 Å². The highest BCUT2D eigenvalue weighted by Crippen LogP contribution is 2.24. The molecule has 9 heavy (non-hydrogen) atoms. The third-order valence-electron chi connectivity index (χ3n) is 0.957. The van der Waals surface area contributed by atoms with Crippen LogP contribution in [-0.2, 0) is 0 Å². The minimum Gasteiger partial charge on any atom is -0.167 e. The van der Waals surface area contributed by atoms with Crippen LogP contribution < -0.4 is 0 Å². The Labute approximate surface area is 52.4 Å². The van der Waals surface area contributed by atoms with Crippen molar-refractivity contribution < 1.29 is 13.2 Å². The monoisotopic (exact) mass is 138 g/mol. The Morgan fingerprint density at radius 2 is 1.89 bits per heavy atom. The first-order valence-electron chi connectivity index (χ1n) is 2.72. The Bertz CT molecular complexity index is 110. The van der Waals surface area contributed by atoms with Crippen LogP contribution in [0.15, 0.2) is 11.6 Å². The van der Waals surface area contributed by atoms with Crippen LogP contribution in [0.25, 0.3) is 0 Å². The lowest BCUT2D eigenvalue weighted by molar-refractivity contribution is -0.0915. The van der Waals surface area contributed by atoms with Gasteiger partial charge in [-0.2, -0.15) is 13.2 Å². The summed E-state index contributed by atoms with van der Waals surface area (Å²) < 4.78 is 34.7. The zero-order valence-corrected chi connectivity index (χ0v) is 5.42. The molecule has 0 rings (SSSR count). The van der Waals surface area contributed by atoms with Gasteiger partial charge in [0, 0.05) is 5.57 Å². The number of hydrogen-bond acceptors (Lipinski definition) is 0. The maximum Gasteiger partial charge on any atom is 0.412 e. The van der Waals surface area contributed by atoms with E-state index in [0.717, 1.165) is 6.92 Å². The Morgan fingerprint density at radius 1 is 1.44 bits per heavy atom. The van der Waals surface area contributed by atoms with Gasteiger partial charge < -0.3 is 0 Å². The Balaban J connectivity index is 4.03. The fourth-order valence-electron chi connectivity index (χ4n) is 0.422. The third-order valence-corrected chi connectivity index (χ3v) is 0.957. The lowest BCUT2D eigenvalue weighted by atomic mass is 10.2. The first-order chi connectivity index (χ1) is 3.98. The summed E-state index contributed by atoms with van der Waals surface area (Å²) in [7, 11) is 0. The third kappa shape index (κ3) is 3.16. The zero-order valence-electron chi connectivity index (χ0n) is 5.42. The maximum absolute atomic E-state index is 11.6. The van der Waals surface area contributed by atoms with Gasteiger partial charge in [0.15, 0.2) is 0 Å². The summed E-state index contributed by atoms with van der Waals surface area (Å²) in [6, 6.07) is 0. The summed E-state index contributed by atoms with van der Waals surface area (Å²) >= 11 is 0. The molecule has 0 heterocycles. The molecule has 0 atom stereocenters. The van der Waals surface area contributed by atoms with Crippen molar-refractivity contribution >= 4 is 0 Å². The molecule has 0 radical (unpaired) electrons. The van der Waals surface area contributed by atoms with E-state index in [-0.39, 0.29) is 0 Å². The summed E-state index contributed by atoms with van der Waals surface area (Å²) in [4.78, 5) is 0. The van der Waals surface area contributed by atoms with Crippen LogP contribution in [0.4, 0.5) is 13.2 Å². The van der Waals surface area contributed by atoms with Crippen molar-refractivity contribution in [2.75, 3.05) is 0 Å². The van der Waals surface area contributed by atoms with Gasteiger partial charge in [-0.25, -0.2) is 0 Å². The second-order valence-electron chi connectivity index (χ2n) is 1.79. The van der Waals surface area contributed by atoms with E-state index in [9.17, 15) is 13.2 Å². The van der Waals surface area contributed by atoms with Crippen molar-refractivity contribution in [2.24, 2.45) is 0 Å². The topological polar surface area (TPSA) is 0 Å². The lowest BCUT2D eigenvalue weighted by Crippen LogP contribution is -2.08. The summed E-state index contributed by atoms with van der Waals surface area (Å²) in [5.41, 5.74) is -0.509. The fourth-order valence-corrected chi connectivity index (χ4v) is 0.422. The van der Waals surface area contributed by atoms with Gasteiger partial charge in [-0.1, -0.05) is 13.0 Å². The quantitative estimate of drug-likeness (QED) is 0.489. The molecule has 0 aliphatic carbocycles. The van der Waals surface area contributed by atoms with Gasteiger partial charge in [0.2, 0.25) is 0 Å². The highest BCUT2D eigenvalue weighted by Gasteiger charge is 2.28. The largest absolute Gasteiger partial charge is 0.412 e. The molecular weight excluding hydrogens is 129 g/mol. The number of hydrogen-bond donors (Lipinski definition) is 0. The molecule has 0 nitrogen and oxygen atoms in total. The van der Waals surface area contributed by atoms with Crippen molar-refractivity contribution in [1.29, 1.82) is 0 Å². The number of rotatable bonds is 1. The first kappa shape index (κ1) is 8.53. The van der Waals surface area contributed by atoms with E-state index in [4.69, 9.17) is 0 Å². The molecular formula is C6H9F3. The van der Waals surface area contributed by atoms with Crippen molar-refractivity contribution in [3.05, 3.63) is 11.6 Å². The van der Waals surface area contributed by atoms with Gasteiger partial charge in [0.05, 0.1) is 0 Å². The van der Waals surface area contributed by atoms with Crippen molar-refractivity contribution in [2.45, 2.75) is 26.4 Å². The van der Waals surface area contributed by atoms with Crippen LogP contribution in [-0.4, -0.2) is 6.18 Å². The minimum absolute atomic E-state index is 0.436. The molecule has 0 aromatic carbocycles. The molecule has 0 saturated heterocycles. The molecule has 0 saturated carbocycles. The standard InChI is InChI=1S/C6H9F3/c1-3-4-5(2)6(7,8)9/h4H,3H2,1-2H3/b5-4+. The molecule has 54 valence electrons. The highest BCUT2D eigenvalue weighted by molar-refractivity contribution is 5.04. The van der Waals surface area contributed by atoms with E-state index in [0.29, 0.717) is 6.42 Å². The van der Waals surface area contributed by atoms with Crippen molar-refractivity contribution in [3.8, 4) is 0 Å². The Kier molecular flexibility index (Phi) is 2.74. The van der Waals surface area contributed by atoms with Gasteiger partial charge in [-0.15, -0.1) is 0 Å². The predicted octanol–water partition coefficient (Wildman–Crippen LogP) is 2.91. The molecule has 0 bridgehead atoms. The summed E-state index contributed by atoms with van der Waals surface area (Å²) in [5, 5.41) is 0. The van der Waals surface area contributed by atoms with Gasteiger partial charge in [0.25, 0.3) is 0 Å². The second-order valence-corrected chi connectivity index (χ2v) is 1.79. The molecule has 0 fully saturated rings. The fraction of sp³-hybridized carbons (Fsp3) is 0.667. The first-order valence-corrected chi connectivity index (χ1v) is 2.72. The van der Waals surface area contributed by atoms with Gasteiger partial charge in [-0.3, -0.25) is 0 Å². The number of halogens is 3. The van der Waals surface area contributed by atoms with Crippen LogP contribution in [0.3, 0.4) is 0 Å². The smallest absolute Gasteiger partial charge is 0.167 e. The summed E-state index contributed by atoms with van der Waals surface area (Å²) in [5.74, 6) is 0. The van der Waals surface area contributed by atoms with E-state index in [1.807, 2.05) is 0 Å². The Morgan fingerprint density at radius 3 is 2.00 bits per heavy atom. The molecule has 3 heteroatoms. The van der Waals surface area contributed by atoms with Gasteiger partial charge >= 0.3 is 6.18 Å². The molecule has 0 spiro atoms. The van der Waals surface area contributed by atoms with E-state index in [1.54, 1.807) is 6.92 Å². The van der Waals surface area contributed by atoms with E-state index in [1.165, 1.54) is 6.08 Å². The van der Waals surface area contributed by atoms with Gasteiger partial charge in [-0.05, 0) is 13.3 Å². The normalized spacial score (nSPS) is 14.1. The van der Waals surface area contributed by atoms with E-state index < -0.39 is 11.7 Å². The predicted molar refractivity (Wildman–Crippen MR) is 30.1 cm³/mol. The van der Waals surface area contributed by atoms with Crippen LogP contribution in [0, 0.1) is 0 Å². The summed E-state index contributed by atoms with van der Waals surface area (Å²) in [6.07, 6.45) is -2.53. The molecule has 0 amide bonds. The highest BCUT2D eigenvalue weighted by atomic mass is 19.4. The molecule has 0 aromatic rings. The van der Waals surface area contributed by atoms with Crippen molar-refractivity contribution in [1.82, 2.24) is 0 Å².